The lowest BCUT2D eigenvalue weighted by Gasteiger charge is -2.09. The van der Waals surface area contributed by atoms with Gasteiger partial charge in [0.2, 0.25) is 5.82 Å². The second kappa shape index (κ2) is 6.91. The number of nitrogens with one attached hydrogen (secondary N) is 1. The Morgan fingerprint density at radius 3 is 2.67 bits per heavy atom. The number of benzene rings is 2. The number of para-hydroxylation sites is 1. The van der Waals surface area contributed by atoms with Gasteiger partial charge < -0.3 is 14.8 Å². The average Bonchev–Trinajstić information content (AvgIpc) is 2.65. The number of fused-ring (bicyclic) bond motifs is 1. The van der Waals surface area contributed by atoms with E-state index in [0.717, 1.165) is 5.56 Å². The predicted octanol–water partition coefficient (Wildman–Crippen LogP) is 1.97. The van der Waals surface area contributed by atoms with E-state index in [-0.39, 0.29) is 5.82 Å². The van der Waals surface area contributed by atoms with Crippen molar-refractivity contribution in [2.75, 3.05) is 14.2 Å². The first-order valence-corrected chi connectivity index (χ1v) is 7.30. The molecule has 7 heteroatoms. The van der Waals surface area contributed by atoms with Gasteiger partial charge in [0, 0.05) is 18.2 Å². The van der Waals surface area contributed by atoms with Gasteiger partial charge in [-0.05, 0) is 18.2 Å². The standard InChI is InChI=1S/C17H16N4O3/c1-23-12-7-8-13-14(9-12)19-16(21-20-13)17(22)18-10-11-5-3-4-6-15(11)24-2/h3-9H,10H2,1-2H3,(H,18,22). The highest BCUT2D eigenvalue weighted by atomic mass is 16.5. The van der Waals surface area contributed by atoms with E-state index in [0.29, 0.717) is 29.1 Å². The molecule has 0 atom stereocenters. The molecule has 2 aromatic carbocycles. The number of carbonyl (C=O) groups excluding carboxylic acids is 1. The summed E-state index contributed by atoms with van der Waals surface area (Å²) in [6.45, 7) is 0.308. The molecule has 1 N–H and O–H groups in total. The lowest BCUT2D eigenvalue weighted by Crippen LogP contribution is -2.25. The van der Waals surface area contributed by atoms with Crippen LogP contribution in [0.1, 0.15) is 16.2 Å². The van der Waals surface area contributed by atoms with Crippen molar-refractivity contribution < 1.29 is 14.3 Å². The van der Waals surface area contributed by atoms with Gasteiger partial charge in [-0.2, -0.15) is 0 Å². The van der Waals surface area contributed by atoms with Crippen molar-refractivity contribution in [3.05, 3.63) is 53.9 Å². The summed E-state index contributed by atoms with van der Waals surface area (Å²) < 4.78 is 10.4. The van der Waals surface area contributed by atoms with Gasteiger partial charge in [0.15, 0.2) is 0 Å². The monoisotopic (exact) mass is 324 g/mol. The Morgan fingerprint density at radius 2 is 1.88 bits per heavy atom. The molecule has 0 saturated heterocycles. The van der Waals surface area contributed by atoms with Crippen LogP contribution in [0, 0.1) is 0 Å². The number of carbonyl (C=O) groups is 1. The molecule has 122 valence electrons. The van der Waals surface area contributed by atoms with E-state index in [1.54, 1.807) is 32.4 Å². The summed E-state index contributed by atoms with van der Waals surface area (Å²) >= 11 is 0. The summed E-state index contributed by atoms with van der Waals surface area (Å²) in [5, 5.41) is 10.7. The fraction of sp³-hybridized carbons (Fsp3) is 0.176. The van der Waals surface area contributed by atoms with Gasteiger partial charge in [0.25, 0.3) is 5.91 Å². The molecule has 0 spiro atoms. The summed E-state index contributed by atoms with van der Waals surface area (Å²) in [7, 11) is 3.15. The highest BCUT2D eigenvalue weighted by Crippen LogP contribution is 2.18. The molecule has 1 amide bonds. The SMILES string of the molecule is COc1ccc2nnc(C(=O)NCc3ccccc3OC)nc2c1. The minimum Gasteiger partial charge on any atom is -0.497 e. The lowest BCUT2D eigenvalue weighted by molar-refractivity contribution is 0.0939. The smallest absolute Gasteiger partial charge is 0.291 e. The minimum atomic E-state index is -0.405. The highest BCUT2D eigenvalue weighted by molar-refractivity contribution is 5.91. The zero-order valence-corrected chi connectivity index (χ0v) is 13.3. The topological polar surface area (TPSA) is 86.2 Å². The zero-order valence-electron chi connectivity index (χ0n) is 13.3. The van der Waals surface area contributed by atoms with E-state index < -0.39 is 5.91 Å². The van der Waals surface area contributed by atoms with Crippen molar-refractivity contribution in [1.82, 2.24) is 20.5 Å². The number of methoxy groups -OCH3 is 2. The van der Waals surface area contributed by atoms with Gasteiger partial charge in [0.05, 0.1) is 19.7 Å². The van der Waals surface area contributed by atoms with E-state index in [1.165, 1.54) is 0 Å². The van der Waals surface area contributed by atoms with E-state index in [1.807, 2.05) is 24.3 Å². The average molecular weight is 324 g/mol. The Hall–Kier alpha value is -3.22. The predicted molar refractivity (Wildman–Crippen MR) is 88.0 cm³/mol. The Labute approximate surface area is 138 Å². The first kappa shape index (κ1) is 15.7. The maximum absolute atomic E-state index is 12.3. The second-order valence-electron chi connectivity index (χ2n) is 4.98. The van der Waals surface area contributed by atoms with E-state index in [2.05, 4.69) is 20.5 Å². The third-order valence-electron chi connectivity index (χ3n) is 3.50. The summed E-state index contributed by atoms with van der Waals surface area (Å²) in [6.07, 6.45) is 0. The Morgan fingerprint density at radius 1 is 1.04 bits per heavy atom. The van der Waals surface area contributed by atoms with Crippen molar-refractivity contribution in [3.63, 3.8) is 0 Å². The number of amides is 1. The van der Waals surface area contributed by atoms with Crippen LogP contribution in [0.4, 0.5) is 0 Å². The summed E-state index contributed by atoms with van der Waals surface area (Å²) in [6, 6.07) is 12.7. The first-order chi connectivity index (χ1) is 11.7. The molecule has 0 fully saturated rings. The fourth-order valence-electron chi connectivity index (χ4n) is 2.24. The molecule has 1 aromatic heterocycles. The normalized spacial score (nSPS) is 10.4. The molecule has 0 bridgehead atoms. The third-order valence-corrected chi connectivity index (χ3v) is 3.50. The largest absolute Gasteiger partial charge is 0.497 e. The van der Waals surface area contributed by atoms with Crippen LogP contribution < -0.4 is 14.8 Å². The molecule has 3 rings (SSSR count). The van der Waals surface area contributed by atoms with Crippen molar-refractivity contribution in [3.8, 4) is 11.5 Å². The molecule has 1 heterocycles. The molecule has 0 radical (unpaired) electrons. The molecule has 0 aliphatic heterocycles. The molecule has 0 aliphatic carbocycles. The quantitative estimate of drug-likeness (QED) is 0.772. The zero-order chi connectivity index (χ0) is 16.9. The number of ether oxygens (including phenoxy) is 2. The first-order valence-electron chi connectivity index (χ1n) is 7.30. The van der Waals surface area contributed by atoms with Crippen molar-refractivity contribution in [2.24, 2.45) is 0 Å². The number of rotatable bonds is 5. The van der Waals surface area contributed by atoms with Gasteiger partial charge >= 0.3 is 0 Å². The Bertz CT molecular complexity index is 883. The summed E-state index contributed by atoms with van der Waals surface area (Å²) in [4.78, 5) is 16.5. The molecule has 7 nitrogen and oxygen atoms in total. The second-order valence-corrected chi connectivity index (χ2v) is 4.98. The van der Waals surface area contributed by atoms with Gasteiger partial charge in [0.1, 0.15) is 17.0 Å². The number of aromatic nitrogens is 3. The van der Waals surface area contributed by atoms with Crippen LogP contribution >= 0.6 is 0 Å². The highest BCUT2D eigenvalue weighted by Gasteiger charge is 2.12. The number of hydrogen-bond acceptors (Lipinski definition) is 6. The molecule has 0 aliphatic rings. The van der Waals surface area contributed by atoms with Crippen molar-refractivity contribution in [1.29, 1.82) is 0 Å². The van der Waals surface area contributed by atoms with E-state index in [4.69, 9.17) is 9.47 Å². The summed E-state index contributed by atoms with van der Waals surface area (Å²) in [5.74, 6) is 0.951. The summed E-state index contributed by atoms with van der Waals surface area (Å²) in [5.41, 5.74) is 2.01. The molecular formula is C17H16N4O3. The van der Waals surface area contributed by atoms with Crippen LogP contribution in [0.3, 0.4) is 0 Å². The van der Waals surface area contributed by atoms with Gasteiger partial charge in [-0.1, -0.05) is 18.2 Å². The minimum absolute atomic E-state index is 0.00523. The maximum Gasteiger partial charge on any atom is 0.291 e. The van der Waals surface area contributed by atoms with Crippen LogP contribution in [0.2, 0.25) is 0 Å². The van der Waals surface area contributed by atoms with Crippen molar-refractivity contribution in [2.45, 2.75) is 6.54 Å². The number of nitrogens with zero attached hydrogens (tertiary/aromatic N) is 3. The van der Waals surface area contributed by atoms with E-state index in [9.17, 15) is 4.79 Å². The van der Waals surface area contributed by atoms with Crippen LogP contribution in [0.15, 0.2) is 42.5 Å². The van der Waals surface area contributed by atoms with Crippen LogP contribution in [0.5, 0.6) is 11.5 Å². The number of hydrogen-bond donors (Lipinski definition) is 1. The van der Waals surface area contributed by atoms with Crippen LogP contribution in [-0.2, 0) is 6.54 Å². The Balaban J connectivity index is 1.78. The molecule has 3 aromatic rings. The van der Waals surface area contributed by atoms with Crippen LogP contribution in [-0.4, -0.2) is 35.3 Å². The van der Waals surface area contributed by atoms with Gasteiger partial charge in [-0.15, -0.1) is 10.2 Å². The fourth-order valence-corrected chi connectivity index (χ4v) is 2.24. The van der Waals surface area contributed by atoms with E-state index >= 15 is 0 Å². The Kier molecular flexibility index (Phi) is 4.51. The maximum atomic E-state index is 12.3. The van der Waals surface area contributed by atoms with Gasteiger partial charge in [-0.3, -0.25) is 4.79 Å². The third kappa shape index (κ3) is 3.24. The van der Waals surface area contributed by atoms with Gasteiger partial charge in [-0.25, -0.2) is 4.98 Å². The molecular weight excluding hydrogens is 308 g/mol. The van der Waals surface area contributed by atoms with Crippen LogP contribution in [0.25, 0.3) is 11.0 Å². The molecule has 0 saturated carbocycles. The van der Waals surface area contributed by atoms with Crippen molar-refractivity contribution >= 4 is 16.9 Å². The molecule has 24 heavy (non-hydrogen) atoms. The lowest BCUT2D eigenvalue weighted by atomic mass is 10.2. The molecule has 0 unspecified atom stereocenters.